The molecule has 1 N–H and O–H groups in total. The predicted octanol–water partition coefficient (Wildman–Crippen LogP) is 3.36. The van der Waals surface area contributed by atoms with Crippen LogP contribution in [-0.4, -0.2) is 21.7 Å². The maximum Gasteiger partial charge on any atom is 0.274 e. The number of amides is 1. The average molecular weight is 341 g/mol. The Labute approximate surface area is 148 Å². The van der Waals surface area contributed by atoms with Gasteiger partial charge < -0.3 is 5.32 Å². The van der Waals surface area contributed by atoms with Crippen LogP contribution in [0.4, 0.5) is 0 Å². The number of fused-ring (bicyclic) bond motifs is 1. The van der Waals surface area contributed by atoms with Gasteiger partial charge in [-0.3, -0.25) is 9.59 Å². The van der Waals surface area contributed by atoms with Gasteiger partial charge in [-0.15, -0.1) is 0 Å². The maximum absolute atomic E-state index is 13.0. The number of nitrogens with zero attached hydrogens (tertiary/aromatic N) is 2. The van der Waals surface area contributed by atoms with Crippen LogP contribution in [0, 0.1) is 11.8 Å². The van der Waals surface area contributed by atoms with Crippen molar-refractivity contribution in [1.29, 1.82) is 0 Å². The molecule has 0 bridgehead atoms. The van der Waals surface area contributed by atoms with E-state index < -0.39 is 0 Å². The van der Waals surface area contributed by atoms with Crippen LogP contribution in [0.3, 0.4) is 0 Å². The van der Waals surface area contributed by atoms with E-state index in [2.05, 4.69) is 24.3 Å². The van der Waals surface area contributed by atoms with Crippen molar-refractivity contribution in [1.82, 2.24) is 15.1 Å². The summed E-state index contributed by atoms with van der Waals surface area (Å²) in [4.78, 5) is 25.5. The fourth-order valence-electron chi connectivity index (χ4n) is 3.79. The van der Waals surface area contributed by atoms with Crippen LogP contribution in [0.5, 0.6) is 0 Å². The minimum absolute atomic E-state index is 0.131. The van der Waals surface area contributed by atoms with Gasteiger partial charge >= 0.3 is 0 Å². The molecule has 0 spiro atoms. The summed E-state index contributed by atoms with van der Waals surface area (Å²) in [7, 11) is 0. The fraction of sp³-hybridized carbons (Fsp3) is 0.550. The summed E-state index contributed by atoms with van der Waals surface area (Å²) >= 11 is 0. The van der Waals surface area contributed by atoms with Crippen molar-refractivity contribution < 1.29 is 4.79 Å². The van der Waals surface area contributed by atoms with Gasteiger partial charge in [-0.2, -0.15) is 5.10 Å². The first-order valence-corrected chi connectivity index (χ1v) is 9.33. The molecule has 1 amide bonds. The van der Waals surface area contributed by atoms with Crippen LogP contribution in [0.2, 0.25) is 0 Å². The zero-order chi connectivity index (χ0) is 18.0. The lowest BCUT2D eigenvalue weighted by atomic mass is 9.78. The molecule has 3 atom stereocenters. The van der Waals surface area contributed by atoms with Crippen molar-refractivity contribution >= 4 is 16.7 Å². The fourth-order valence-corrected chi connectivity index (χ4v) is 3.79. The largest absolute Gasteiger partial charge is 0.348 e. The van der Waals surface area contributed by atoms with E-state index in [-0.39, 0.29) is 17.5 Å². The van der Waals surface area contributed by atoms with E-state index in [1.54, 1.807) is 6.07 Å². The van der Waals surface area contributed by atoms with Crippen molar-refractivity contribution in [2.24, 2.45) is 11.8 Å². The van der Waals surface area contributed by atoms with Gasteiger partial charge in [-0.1, -0.05) is 51.8 Å². The van der Waals surface area contributed by atoms with Crippen LogP contribution in [0.25, 0.3) is 10.8 Å². The van der Waals surface area contributed by atoms with Crippen LogP contribution in [0.15, 0.2) is 29.1 Å². The van der Waals surface area contributed by atoms with Crippen LogP contribution >= 0.6 is 0 Å². The molecule has 1 fully saturated rings. The molecule has 3 rings (SSSR count). The van der Waals surface area contributed by atoms with E-state index in [4.69, 9.17) is 0 Å². The number of aromatic nitrogens is 2. The Bertz CT molecular complexity index is 827. The van der Waals surface area contributed by atoms with Crippen LogP contribution < -0.4 is 10.9 Å². The molecule has 1 saturated carbocycles. The molecule has 1 aliphatic rings. The highest BCUT2D eigenvalue weighted by atomic mass is 16.2. The normalized spacial score (nSPS) is 23.6. The first-order chi connectivity index (χ1) is 12.0. The summed E-state index contributed by atoms with van der Waals surface area (Å²) in [6.45, 7) is 6.96. The molecule has 1 aromatic carbocycles. The molecular weight excluding hydrogens is 314 g/mol. The number of aryl methyl sites for hydroxylation is 1. The Hall–Kier alpha value is -2.17. The van der Waals surface area contributed by atoms with E-state index in [1.807, 2.05) is 25.1 Å². The van der Waals surface area contributed by atoms with Gasteiger partial charge in [0.1, 0.15) is 0 Å². The number of hydrogen-bond donors (Lipinski definition) is 1. The Kier molecular flexibility index (Phi) is 5.21. The SMILES string of the molecule is CCCn1nc(C(=O)NC2CCCC(C)C2C)c2ccccc2c1=O. The molecule has 5 heteroatoms. The quantitative estimate of drug-likeness (QED) is 0.927. The van der Waals surface area contributed by atoms with Gasteiger partial charge in [0.25, 0.3) is 11.5 Å². The lowest BCUT2D eigenvalue weighted by Gasteiger charge is -2.34. The summed E-state index contributed by atoms with van der Waals surface area (Å²) in [6.07, 6.45) is 4.16. The highest BCUT2D eigenvalue weighted by molar-refractivity contribution is 6.04. The lowest BCUT2D eigenvalue weighted by molar-refractivity contribution is 0.0885. The predicted molar refractivity (Wildman–Crippen MR) is 99.7 cm³/mol. The lowest BCUT2D eigenvalue weighted by Crippen LogP contribution is -2.44. The molecule has 134 valence electrons. The number of nitrogens with one attached hydrogen (secondary N) is 1. The van der Waals surface area contributed by atoms with Gasteiger partial charge in [-0.25, -0.2) is 4.68 Å². The minimum atomic E-state index is -0.174. The Morgan fingerprint density at radius 2 is 1.96 bits per heavy atom. The second-order valence-corrected chi connectivity index (χ2v) is 7.27. The Morgan fingerprint density at radius 3 is 2.68 bits per heavy atom. The molecule has 3 unspecified atom stereocenters. The van der Waals surface area contributed by atoms with Gasteiger partial charge in [0.15, 0.2) is 5.69 Å². The third kappa shape index (κ3) is 3.46. The zero-order valence-electron chi connectivity index (χ0n) is 15.3. The van der Waals surface area contributed by atoms with Crippen LogP contribution in [0.1, 0.15) is 56.9 Å². The van der Waals surface area contributed by atoms with Gasteiger partial charge in [0, 0.05) is 18.0 Å². The van der Waals surface area contributed by atoms with E-state index in [1.165, 1.54) is 11.1 Å². The van der Waals surface area contributed by atoms with E-state index in [9.17, 15) is 9.59 Å². The van der Waals surface area contributed by atoms with E-state index >= 15 is 0 Å². The molecule has 1 heterocycles. The van der Waals surface area contributed by atoms with E-state index in [0.717, 1.165) is 19.3 Å². The van der Waals surface area contributed by atoms with Crippen LogP contribution in [-0.2, 0) is 6.54 Å². The zero-order valence-corrected chi connectivity index (χ0v) is 15.3. The van der Waals surface area contributed by atoms with E-state index in [0.29, 0.717) is 34.8 Å². The average Bonchev–Trinajstić information content (AvgIpc) is 2.61. The molecular formula is C20H27N3O2. The van der Waals surface area contributed by atoms with Gasteiger partial charge in [-0.05, 0) is 30.7 Å². The van der Waals surface area contributed by atoms with Crippen molar-refractivity contribution in [3.05, 3.63) is 40.3 Å². The summed E-state index contributed by atoms with van der Waals surface area (Å²) < 4.78 is 1.42. The monoisotopic (exact) mass is 341 g/mol. The second kappa shape index (κ2) is 7.38. The number of rotatable bonds is 4. The highest BCUT2D eigenvalue weighted by Crippen LogP contribution is 2.29. The van der Waals surface area contributed by atoms with Crippen molar-refractivity contribution in [2.75, 3.05) is 0 Å². The molecule has 5 nitrogen and oxygen atoms in total. The summed E-state index contributed by atoms with van der Waals surface area (Å²) in [5, 5.41) is 8.76. The molecule has 1 aliphatic carbocycles. The van der Waals surface area contributed by atoms with Gasteiger partial charge in [0.2, 0.25) is 0 Å². The van der Waals surface area contributed by atoms with Crippen molar-refractivity contribution in [2.45, 2.75) is 59.0 Å². The standard InChI is InChI=1S/C20H27N3O2/c1-4-12-23-20(25)16-10-6-5-9-15(16)18(22-23)19(24)21-17-11-7-8-13(2)14(17)3/h5-6,9-10,13-14,17H,4,7-8,11-12H2,1-3H3,(H,21,24). The highest BCUT2D eigenvalue weighted by Gasteiger charge is 2.29. The summed E-state index contributed by atoms with van der Waals surface area (Å²) in [6, 6.07) is 7.42. The maximum atomic E-state index is 13.0. The number of carbonyl (C=O) groups excluding carboxylic acids is 1. The van der Waals surface area contributed by atoms with Crippen molar-refractivity contribution in [3.63, 3.8) is 0 Å². The third-order valence-corrected chi connectivity index (χ3v) is 5.54. The third-order valence-electron chi connectivity index (χ3n) is 5.54. The molecule has 0 radical (unpaired) electrons. The Morgan fingerprint density at radius 1 is 1.24 bits per heavy atom. The smallest absolute Gasteiger partial charge is 0.274 e. The number of carbonyl (C=O) groups is 1. The summed E-state index contributed by atoms with van der Waals surface area (Å²) in [5.41, 5.74) is 0.225. The number of benzene rings is 1. The minimum Gasteiger partial charge on any atom is -0.348 e. The first-order valence-electron chi connectivity index (χ1n) is 9.33. The topological polar surface area (TPSA) is 64.0 Å². The first kappa shape index (κ1) is 17.6. The second-order valence-electron chi connectivity index (χ2n) is 7.27. The Balaban J connectivity index is 1.98. The molecule has 1 aromatic heterocycles. The molecule has 0 aliphatic heterocycles. The molecule has 0 saturated heterocycles. The van der Waals surface area contributed by atoms with Gasteiger partial charge in [0.05, 0.1) is 5.39 Å². The molecule has 25 heavy (non-hydrogen) atoms. The van der Waals surface area contributed by atoms with Crippen molar-refractivity contribution in [3.8, 4) is 0 Å². The number of hydrogen-bond acceptors (Lipinski definition) is 3. The molecule has 2 aromatic rings. The summed E-state index contributed by atoms with van der Waals surface area (Å²) in [5.74, 6) is 0.885.